The van der Waals surface area contributed by atoms with Crippen LogP contribution in [-0.2, 0) is 4.79 Å². The van der Waals surface area contributed by atoms with Crippen molar-refractivity contribution in [3.05, 3.63) is 12.2 Å². The molecule has 1 nitrogen and oxygen atoms in total. The minimum atomic E-state index is 0.254. The summed E-state index contributed by atoms with van der Waals surface area (Å²) in [5.74, 6) is 0.254. The van der Waals surface area contributed by atoms with Gasteiger partial charge in [0.2, 0.25) is 0 Å². The van der Waals surface area contributed by atoms with Crippen LogP contribution in [0.2, 0.25) is 0 Å². The SMILES string of the molecule is C=C(C)C(=O)CC1(C)CCCCC1. The lowest BCUT2D eigenvalue weighted by Gasteiger charge is -2.32. The average Bonchev–Trinajstić information content (AvgIpc) is 2.04. The molecule has 0 bridgehead atoms. The Balaban J connectivity index is 2.50. The van der Waals surface area contributed by atoms with Crippen LogP contribution in [0.15, 0.2) is 12.2 Å². The highest BCUT2D eigenvalue weighted by atomic mass is 16.1. The van der Waals surface area contributed by atoms with Crippen molar-refractivity contribution < 1.29 is 4.79 Å². The Hall–Kier alpha value is -0.590. The van der Waals surface area contributed by atoms with Crippen molar-refractivity contribution in [2.24, 2.45) is 5.41 Å². The molecule has 0 aromatic heterocycles. The van der Waals surface area contributed by atoms with Crippen LogP contribution in [0.5, 0.6) is 0 Å². The van der Waals surface area contributed by atoms with Gasteiger partial charge in [0, 0.05) is 6.42 Å². The lowest BCUT2D eigenvalue weighted by molar-refractivity contribution is -0.118. The van der Waals surface area contributed by atoms with E-state index >= 15 is 0 Å². The van der Waals surface area contributed by atoms with Crippen molar-refractivity contribution >= 4 is 5.78 Å². The van der Waals surface area contributed by atoms with Crippen molar-refractivity contribution in [3.63, 3.8) is 0 Å². The van der Waals surface area contributed by atoms with Crippen LogP contribution >= 0.6 is 0 Å². The van der Waals surface area contributed by atoms with E-state index in [9.17, 15) is 4.79 Å². The number of carbonyl (C=O) groups excluding carboxylic acids is 1. The molecule has 1 saturated carbocycles. The first kappa shape index (κ1) is 10.5. The largest absolute Gasteiger partial charge is 0.295 e. The highest BCUT2D eigenvalue weighted by Gasteiger charge is 2.29. The van der Waals surface area contributed by atoms with Gasteiger partial charge in [0.1, 0.15) is 0 Å². The van der Waals surface area contributed by atoms with E-state index in [0.29, 0.717) is 12.0 Å². The summed E-state index contributed by atoms with van der Waals surface area (Å²) >= 11 is 0. The highest BCUT2D eigenvalue weighted by molar-refractivity contribution is 5.94. The van der Waals surface area contributed by atoms with Crippen LogP contribution in [0.4, 0.5) is 0 Å². The molecule has 1 fully saturated rings. The Kier molecular flexibility index (Phi) is 3.29. The van der Waals surface area contributed by atoms with Gasteiger partial charge in [-0.1, -0.05) is 32.8 Å². The fourth-order valence-corrected chi connectivity index (χ4v) is 2.12. The van der Waals surface area contributed by atoms with Gasteiger partial charge in [0.15, 0.2) is 5.78 Å². The summed E-state index contributed by atoms with van der Waals surface area (Å²) in [6.45, 7) is 7.76. The van der Waals surface area contributed by atoms with E-state index < -0.39 is 0 Å². The molecule has 0 aromatic rings. The van der Waals surface area contributed by atoms with E-state index in [1.807, 2.05) is 6.92 Å². The zero-order valence-corrected chi connectivity index (χ0v) is 8.86. The summed E-state index contributed by atoms with van der Waals surface area (Å²) in [5, 5.41) is 0. The molecule has 1 rings (SSSR count). The van der Waals surface area contributed by atoms with Crippen LogP contribution in [0.25, 0.3) is 0 Å². The smallest absolute Gasteiger partial charge is 0.158 e. The van der Waals surface area contributed by atoms with Gasteiger partial charge in [0.05, 0.1) is 0 Å². The molecule has 0 aromatic carbocycles. The second-order valence-corrected chi connectivity index (χ2v) is 4.75. The Morgan fingerprint density at radius 3 is 2.31 bits per heavy atom. The number of rotatable bonds is 3. The molecule has 0 atom stereocenters. The quantitative estimate of drug-likeness (QED) is 0.607. The van der Waals surface area contributed by atoms with Gasteiger partial charge >= 0.3 is 0 Å². The minimum Gasteiger partial charge on any atom is -0.295 e. The van der Waals surface area contributed by atoms with Crippen molar-refractivity contribution in [1.82, 2.24) is 0 Å². The Bertz CT molecular complexity index is 209. The summed E-state index contributed by atoms with van der Waals surface area (Å²) < 4.78 is 0. The monoisotopic (exact) mass is 180 g/mol. The number of hydrogen-bond acceptors (Lipinski definition) is 1. The summed E-state index contributed by atoms with van der Waals surface area (Å²) in [6.07, 6.45) is 7.07. The predicted octanol–water partition coefficient (Wildman–Crippen LogP) is 3.49. The Labute approximate surface area is 81.2 Å². The summed E-state index contributed by atoms with van der Waals surface area (Å²) in [7, 11) is 0. The molecule has 74 valence electrons. The van der Waals surface area contributed by atoms with E-state index in [2.05, 4.69) is 13.5 Å². The highest BCUT2D eigenvalue weighted by Crippen LogP contribution is 2.39. The van der Waals surface area contributed by atoms with E-state index in [0.717, 1.165) is 0 Å². The number of carbonyl (C=O) groups is 1. The van der Waals surface area contributed by atoms with Gasteiger partial charge in [-0.05, 0) is 30.8 Å². The van der Waals surface area contributed by atoms with E-state index in [4.69, 9.17) is 0 Å². The standard InChI is InChI=1S/C12H20O/c1-10(2)11(13)9-12(3)7-5-4-6-8-12/h1,4-9H2,2-3H3. The maximum atomic E-state index is 11.5. The van der Waals surface area contributed by atoms with Gasteiger partial charge in [0.25, 0.3) is 0 Å². The molecule has 0 aliphatic heterocycles. The van der Waals surface area contributed by atoms with Crippen molar-refractivity contribution in [2.45, 2.75) is 52.4 Å². The van der Waals surface area contributed by atoms with Gasteiger partial charge in [-0.25, -0.2) is 0 Å². The summed E-state index contributed by atoms with van der Waals surface area (Å²) in [5.41, 5.74) is 0.987. The third-order valence-corrected chi connectivity index (χ3v) is 3.12. The molecule has 0 heterocycles. The summed E-state index contributed by atoms with van der Waals surface area (Å²) in [4.78, 5) is 11.5. The van der Waals surface area contributed by atoms with Crippen molar-refractivity contribution in [3.8, 4) is 0 Å². The first-order valence-electron chi connectivity index (χ1n) is 5.22. The van der Waals surface area contributed by atoms with Crippen molar-refractivity contribution in [1.29, 1.82) is 0 Å². The fourth-order valence-electron chi connectivity index (χ4n) is 2.12. The molecular weight excluding hydrogens is 160 g/mol. The maximum Gasteiger partial charge on any atom is 0.158 e. The third-order valence-electron chi connectivity index (χ3n) is 3.12. The molecule has 1 heteroatoms. The number of hydrogen-bond donors (Lipinski definition) is 0. The maximum absolute atomic E-state index is 11.5. The number of ketones is 1. The van der Waals surface area contributed by atoms with E-state index in [-0.39, 0.29) is 11.2 Å². The summed E-state index contributed by atoms with van der Waals surface area (Å²) in [6, 6.07) is 0. The Morgan fingerprint density at radius 2 is 1.85 bits per heavy atom. The van der Waals surface area contributed by atoms with Gasteiger partial charge < -0.3 is 0 Å². The van der Waals surface area contributed by atoms with Crippen LogP contribution in [0, 0.1) is 5.41 Å². The lowest BCUT2D eigenvalue weighted by Crippen LogP contribution is -2.24. The molecule has 1 aliphatic carbocycles. The minimum absolute atomic E-state index is 0.254. The van der Waals surface area contributed by atoms with Crippen LogP contribution in [0.1, 0.15) is 52.4 Å². The molecule has 0 saturated heterocycles. The molecule has 0 unspecified atom stereocenters. The topological polar surface area (TPSA) is 17.1 Å². The molecule has 0 amide bonds. The van der Waals surface area contributed by atoms with Crippen molar-refractivity contribution in [2.75, 3.05) is 0 Å². The van der Waals surface area contributed by atoms with E-state index in [1.54, 1.807) is 0 Å². The van der Waals surface area contributed by atoms with Crippen LogP contribution in [0.3, 0.4) is 0 Å². The van der Waals surface area contributed by atoms with E-state index in [1.165, 1.54) is 32.1 Å². The predicted molar refractivity (Wildman–Crippen MR) is 55.6 cm³/mol. The first-order valence-corrected chi connectivity index (χ1v) is 5.22. The molecule has 0 N–H and O–H groups in total. The van der Waals surface area contributed by atoms with Gasteiger partial charge in [-0.2, -0.15) is 0 Å². The lowest BCUT2D eigenvalue weighted by atomic mass is 9.72. The zero-order chi connectivity index (χ0) is 9.90. The van der Waals surface area contributed by atoms with Gasteiger partial charge in [-0.15, -0.1) is 0 Å². The molecule has 13 heavy (non-hydrogen) atoms. The molecule has 0 radical (unpaired) electrons. The average molecular weight is 180 g/mol. The number of Topliss-reactive ketones (excluding diaryl/α,β-unsaturated/α-hetero) is 1. The van der Waals surface area contributed by atoms with Crippen LogP contribution < -0.4 is 0 Å². The molecular formula is C12H20O. The number of allylic oxidation sites excluding steroid dienone is 1. The Morgan fingerprint density at radius 1 is 1.31 bits per heavy atom. The normalized spacial score (nSPS) is 21.1. The third kappa shape index (κ3) is 2.98. The van der Waals surface area contributed by atoms with Crippen LogP contribution in [-0.4, -0.2) is 5.78 Å². The zero-order valence-electron chi connectivity index (χ0n) is 8.86. The first-order chi connectivity index (χ1) is 6.03. The molecule has 0 spiro atoms. The van der Waals surface area contributed by atoms with Gasteiger partial charge in [-0.3, -0.25) is 4.79 Å². The second kappa shape index (κ2) is 4.08. The molecule has 1 aliphatic rings. The fraction of sp³-hybridized carbons (Fsp3) is 0.750. The second-order valence-electron chi connectivity index (χ2n) is 4.75.